The molecule has 96 valence electrons. The molecule has 0 saturated carbocycles. The standard InChI is InChI=1S/C13H18F3N/c1-7(2)8(3)13(17-4)12-10(15)5-9(14)6-11(12)16/h5-8,13,17H,1-4H3. The van der Waals surface area contributed by atoms with Crippen LogP contribution in [0.15, 0.2) is 12.1 Å². The molecule has 2 atom stereocenters. The highest BCUT2D eigenvalue weighted by Gasteiger charge is 2.26. The summed E-state index contributed by atoms with van der Waals surface area (Å²) < 4.78 is 40.1. The van der Waals surface area contributed by atoms with Crippen molar-refractivity contribution >= 4 is 0 Å². The average molecular weight is 245 g/mol. The zero-order valence-electron chi connectivity index (χ0n) is 10.5. The topological polar surface area (TPSA) is 12.0 Å². The Hall–Kier alpha value is -1.03. The highest BCUT2D eigenvalue weighted by atomic mass is 19.1. The molecule has 0 bridgehead atoms. The van der Waals surface area contributed by atoms with Gasteiger partial charge >= 0.3 is 0 Å². The van der Waals surface area contributed by atoms with Gasteiger partial charge in [0, 0.05) is 23.7 Å². The Bertz CT molecular complexity index is 367. The van der Waals surface area contributed by atoms with E-state index >= 15 is 0 Å². The third kappa shape index (κ3) is 3.00. The van der Waals surface area contributed by atoms with Crippen molar-refractivity contribution < 1.29 is 13.2 Å². The van der Waals surface area contributed by atoms with Gasteiger partial charge < -0.3 is 5.32 Å². The van der Waals surface area contributed by atoms with Gasteiger partial charge in [-0.05, 0) is 18.9 Å². The molecular weight excluding hydrogens is 227 g/mol. The van der Waals surface area contributed by atoms with Crippen LogP contribution in [0.2, 0.25) is 0 Å². The Kier molecular flexibility index (Phi) is 4.57. The molecule has 17 heavy (non-hydrogen) atoms. The van der Waals surface area contributed by atoms with Crippen molar-refractivity contribution in [3.8, 4) is 0 Å². The third-order valence-electron chi connectivity index (χ3n) is 3.24. The van der Waals surface area contributed by atoms with Crippen molar-refractivity contribution in [2.45, 2.75) is 26.8 Å². The summed E-state index contributed by atoms with van der Waals surface area (Å²) in [6.45, 7) is 5.87. The van der Waals surface area contributed by atoms with Crippen molar-refractivity contribution in [1.29, 1.82) is 0 Å². The molecule has 0 amide bonds. The van der Waals surface area contributed by atoms with Crippen molar-refractivity contribution in [2.24, 2.45) is 11.8 Å². The Morgan fingerprint density at radius 3 is 1.82 bits per heavy atom. The number of rotatable bonds is 4. The van der Waals surface area contributed by atoms with Gasteiger partial charge in [0.25, 0.3) is 0 Å². The summed E-state index contributed by atoms with van der Waals surface area (Å²) in [6.07, 6.45) is 0. The van der Waals surface area contributed by atoms with Crippen LogP contribution in [-0.2, 0) is 0 Å². The first-order valence-corrected chi connectivity index (χ1v) is 5.70. The molecular formula is C13H18F3N. The molecule has 2 unspecified atom stereocenters. The van der Waals surface area contributed by atoms with Crippen molar-refractivity contribution in [3.63, 3.8) is 0 Å². The first-order chi connectivity index (χ1) is 7.88. The molecule has 0 aromatic heterocycles. The summed E-state index contributed by atoms with van der Waals surface area (Å²) in [5.41, 5.74) is -0.0879. The molecule has 0 radical (unpaired) electrons. The number of benzene rings is 1. The van der Waals surface area contributed by atoms with Crippen LogP contribution in [0.25, 0.3) is 0 Å². The van der Waals surface area contributed by atoms with Gasteiger partial charge in [-0.15, -0.1) is 0 Å². The zero-order valence-corrected chi connectivity index (χ0v) is 10.5. The Balaban J connectivity index is 3.21. The Morgan fingerprint density at radius 2 is 1.47 bits per heavy atom. The molecule has 0 saturated heterocycles. The summed E-state index contributed by atoms with van der Waals surface area (Å²) in [7, 11) is 1.64. The third-order valence-corrected chi connectivity index (χ3v) is 3.24. The van der Waals surface area contributed by atoms with E-state index in [0.29, 0.717) is 0 Å². The van der Waals surface area contributed by atoms with Gasteiger partial charge in [0.05, 0.1) is 0 Å². The molecule has 1 rings (SSSR count). The normalized spacial score (nSPS) is 15.1. The van der Waals surface area contributed by atoms with Crippen LogP contribution >= 0.6 is 0 Å². The maximum Gasteiger partial charge on any atom is 0.133 e. The molecule has 0 fully saturated rings. The Labute approximate surface area is 100 Å². The summed E-state index contributed by atoms with van der Waals surface area (Å²) in [6, 6.07) is 0.974. The maximum atomic E-state index is 13.7. The minimum atomic E-state index is -0.893. The molecule has 1 aromatic rings. The van der Waals surface area contributed by atoms with Gasteiger partial charge in [0.15, 0.2) is 0 Å². The molecule has 0 aliphatic carbocycles. The highest BCUT2D eigenvalue weighted by Crippen LogP contribution is 2.31. The highest BCUT2D eigenvalue weighted by molar-refractivity contribution is 5.25. The molecule has 4 heteroatoms. The lowest BCUT2D eigenvalue weighted by Gasteiger charge is -2.27. The van der Waals surface area contributed by atoms with Gasteiger partial charge in [-0.2, -0.15) is 0 Å². The van der Waals surface area contributed by atoms with Crippen LogP contribution in [-0.4, -0.2) is 7.05 Å². The summed E-state index contributed by atoms with van der Waals surface area (Å²) in [5.74, 6) is -2.27. The van der Waals surface area contributed by atoms with E-state index in [1.54, 1.807) is 7.05 Å². The fourth-order valence-corrected chi connectivity index (χ4v) is 1.91. The second-order valence-electron chi connectivity index (χ2n) is 4.65. The number of hydrogen-bond acceptors (Lipinski definition) is 1. The first-order valence-electron chi connectivity index (χ1n) is 5.70. The van der Waals surface area contributed by atoms with Gasteiger partial charge in [-0.3, -0.25) is 0 Å². The summed E-state index contributed by atoms with van der Waals surface area (Å²) in [5, 5.41) is 2.90. The second kappa shape index (κ2) is 5.54. The average Bonchev–Trinajstić information content (AvgIpc) is 2.21. The number of hydrogen-bond donors (Lipinski definition) is 1. The van der Waals surface area contributed by atoms with Crippen LogP contribution in [0.5, 0.6) is 0 Å². The lowest BCUT2D eigenvalue weighted by molar-refractivity contribution is 0.301. The van der Waals surface area contributed by atoms with Crippen LogP contribution in [0, 0.1) is 29.3 Å². The van der Waals surface area contributed by atoms with E-state index in [1.165, 1.54) is 0 Å². The minimum absolute atomic E-state index is 0.0365. The van der Waals surface area contributed by atoms with Crippen molar-refractivity contribution in [2.75, 3.05) is 7.05 Å². The van der Waals surface area contributed by atoms with E-state index in [4.69, 9.17) is 0 Å². The van der Waals surface area contributed by atoms with E-state index in [0.717, 1.165) is 12.1 Å². The van der Waals surface area contributed by atoms with E-state index < -0.39 is 23.5 Å². The van der Waals surface area contributed by atoms with Crippen LogP contribution < -0.4 is 5.32 Å². The number of halogens is 3. The fourth-order valence-electron chi connectivity index (χ4n) is 1.91. The van der Waals surface area contributed by atoms with Gasteiger partial charge in [-0.1, -0.05) is 20.8 Å². The molecule has 0 aliphatic heterocycles. The Morgan fingerprint density at radius 1 is 1.00 bits per heavy atom. The maximum absolute atomic E-state index is 13.7. The smallest absolute Gasteiger partial charge is 0.133 e. The minimum Gasteiger partial charge on any atom is -0.313 e. The largest absolute Gasteiger partial charge is 0.313 e. The molecule has 1 N–H and O–H groups in total. The van der Waals surface area contributed by atoms with Gasteiger partial charge in [0.2, 0.25) is 0 Å². The predicted octanol–water partition coefficient (Wildman–Crippen LogP) is 3.66. The van der Waals surface area contributed by atoms with E-state index in [-0.39, 0.29) is 17.4 Å². The summed E-state index contributed by atoms with van der Waals surface area (Å²) >= 11 is 0. The second-order valence-corrected chi connectivity index (χ2v) is 4.65. The lowest BCUT2D eigenvalue weighted by Crippen LogP contribution is -2.28. The lowest BCUT2D eigenvalue weighted by atomic mass is 9.85. The first kappa shape index (κ1) is 14.0. The van der Waals surface area contributed by atoms with Crippen molar-refractivity contribution in [3.05, 3.63) is 35.1 Å². The van der Waals surface area contributed by atoms with Crippen LogP contribution in [0.1, 0.15) is 32.4 Å². The van der Waals surface area contributed by atoms with Gasteiger partial charge in [0.1, 0.15) is 17.5 Å². The molecule has 0 spiro atoms. The van der Waals surface area contributed by atoms with Crippen molar-refractivity contribution in [1.82, 2.24) is 5.32 Å². The zero-order chi connectivity index (χ0) is 13.2. The SMILES string of the molecule is CNC(c1c(F)cc(F)cc1F)C(C)C(C)C. The molecule has 0 aliphatic rings. The van der Waals surface area contributed by atoms with Crippen LogP contribution in [0.3, 0.4) is 0 Å². The molecule has 1 nitrogen and oxygen atoms in total. The molecule has 1 aromatic carbocycles. The van der Waals surface area contributed by atoms with E-state index in [9.17, 15) is 13.2 Å². The summed E-state index contributed by atoms with van der Waals surface area (Å²) in [4.78, 5) is 0. The van der Waals surface area contributed by atoms with Gasteiger partial charge in [-0.25, -0.2) is 13.2 Å². The van der Waals surface area contributed by atoms with Crippen LogP contribution in [0.4, 0.5) is 13.2 Å². The number of nitrogens with one attached hydrogen (secondary N) is 1. The quantitative estimate of drug-likeness (QED) is 0.853. The fraction of sp³-hybridized carbons (Fsp3) is 0.538. The van der Waals surface area contributed by atoms with E-state index in [2.05, 4.69) is 5.32 Å². The molecule has 0 heterocycles. The predicted molar refractivity (Wildman–Crippen MR) is 62.1 cm³/mol. The van der Waals surface area contributed by atoms with E-state index in [1.807, 2.05) is 20.8 Å². The monoisotopic (exact) mass is 245 g/mol.